The van der Waals surface area contributed by atoms with Crippen LogP contribution in [0.15, 0.2) is 18.2 Å². The fourth-order valence-electron chi connectivity index (χ4n) is 2.07. The first kappa shape index (κ1) is 12.7. The van der Waals surface area contributed by atoms with E-state index in [1.807, 2.05) is 13.8 Å². The van der Waals surface area contributed by atoms with E-state index in [2.05, 4.69) is 0 Å². The van der Waals surface area contributed by atoms with Crippen molar-refractivity contribution in [1.29, 1.82) is 0 Å². The van der Waals surface area contributed by atoms with E-state index in [0.717, 1.165) is 0 Å². The van der Waals surface area contributed by atoms with Crippen molar-refractivity contribution in [1.82, 2.24) is 4.90 Å². The van der Waals surface area contributed by atoms with Crippen molar-refractivity contribution in [3.63, 3.8) is 0 Å². The van der Waals surface area contributed by atoms with Gasteiger partial charge in [-0.15, -0.1) is 0 Å². The summed E-state index contributed by atoms with van der Waals surface area (Å²) in [7, 11) is 0. The SMILES string of the molecule is CC1CN(C(=O)c2cc(O)ccc2N)C(C)CO1. The summed E-state index contributed by atoms with van der Waals surface area (Å²) < 4.78 is 5.49. The van der Waals surface area contributed by atoms with Crippen molar-refractivity contribution in [2.75, 3.05) is 18.9 Å². The van der Waals surface area contributed by atoms with Gasteiger partial charge in [-0.1, -0.05) is 0 Å². The van der Waals surface area contributed by atoms with Gasteiger partial charge in [0.15, 0.2) is 0 Å². The number of nitrogen functional groups attached to an aromatic ring is 1. The van der Waals surface area contributed by atoms with Gasteiger partial charge in [-0.3, -0.25) is 4.79 Å². The minimum Gasteiger partial charge on any atom is -0.508 e. The maximum atomic E-state index is 12.4. The number of nitrogens with zero attached hydrogens (tertiary/aromatic N) is 1. The van der Waals surface area contributed by atoms with Crippen molar-refractivity contribution < 1.29 is 14.6 Å². The van der Waals surface area contributed by atoms with Gasteiger partial charge >= 0.3 is 0 Å². The lowest BCUT2D eigenvalue weighted by atomic mass is 10.1. The molecule has 0 aromatic heterocycles. The Morgan fingerprint density at radius 2 is 2.22 bits per heavy atom. The number of anilines is 1. The number of amides is 1. The van der Waals surface area contributed by atoms with Crippen molar-refractivity contribution in [3.05, 3.63) is 23.8 Å². The van der Waals surface area contributed by atoms with Gasteiger partial charge < -0.3 is 20.5 Å². The monoisotopic (exact) mass is 250 g/mol. The second-order valence-corrected chi connectivity index (χ2v) is 4.72. The predicted octanol–water partition coefficient (Wildman–Crippen LogP) is 1.22. The van der Waals surface area contributed by atoms with Gasteiger partial charge in [0.25, 0.3) is 5.91 Å². The summed E-state index contributed by atoms with van der Waals surface area (Å²) in [5.41, 5.74) is 6.51. The van der Waals surface area contributed by atoms with E-state index >= 15 is 0 Å². The Bertz CT molecular complexity index is 462. The van der Waals surface area contributed by atoms with E-state index < -0.39 is 0 Å². The van der Waals surface area contributed by atoms with Gasteiger partial charge in [0.05, 0.1) is 24.3 Å². The van der Waals surface area contributed by atoms with Crippen LogP contribution in [-0.4, -0.2) is 41.2 Å². The maximum Gasteiger partial charge on any atom is 0.256 e. The smallest absolute Gasteiger partial charge is 0.256 e. The standard InChI is InChI=1S/C13H18N2O3/c1-8-7-18-9(2)6-15(8)13(17)11-5-10(16)3-4-12(11)14/h3-5,8-9,16H,6-7,14H2,1-2H3. The molecule has 1 aliphatic heterocycles. The fraction of sp³-hybridized carbons (Fsp3) is 0.462. The van der Waals surface area contributed by atoms with Gasteiger partial charge in [-0.2, -0.15) is 0 Å². The Morgan fingerprint density at radius 1 is 1.50 bits per heavy atom. The van der Waals surface area contributed by atoms with Gasteiger partial charge in [0, 0.05) is 12.2 Å². The Balaban J connectivity index is 2.27. The molecule has 1 aliphatic rings. The molecule has 2 unspecified atom stereocenters. The van der Waals surface area contributed by atoms with Gasteiger partial charge in [0.2, 0.25) is 0 Å². The Morgan fingerprint density at radius 3 is 2.94 bits per heavy atom. The molecule has 2 rings (SSSR count). The minimum atomic E-state index is -0.161. The molecule has 5 heteroatoms. The van der Waals surface area contributed by atoms with E-state index in [0.29, 0.717) is 24.4 Å². The summed E-state index contributed by atoms with van der Waals surface area (Å²) in [5.74, 6) is -0.118. The molecular formula is C13H18N2O3. The average molecular weight is 250 g/mol. The largest absolute Gasteiger partial charge is 0.508 e. The Labute approximate surface area is 106 Å². The number of morpholine rings is 1. The molecule has 1 aromatic carbocycles. The molecule has 1 saturated heterocycles. The van der Waals surface area contributed by atoms with Crippen molar-refractivity contribution in [2.24, 2.45) is 0 Å². The molecule has 0 radical (unpaired) electrons. The van der Waals surface area contributed by atoms with E-state index in [-0.39, 0.29) is 23.8 Å². The van der Waals surface area contributed by atoms with Crippen LogP contribution in [0.4, 0.5) is 5.69 Å². The number of phenols is 1. The Kier molecular flexibility index (Phi) is 3.43. The second-order valence-electron chi connectivity index (χ2n) is 4.72. The van der Waals surface area contributed by atoms with E-state index in [4.69, 9.17) is 10.5 Å². The van der Waals surface area contributed by atoms with Crippen LogP contribution in [0, 0.1) is 0 Å². The molecule has 2 atom stereocenters. The number of phenolic OH excluding ortho intramolecular Hbond substituents is 1. The molecule has 0 saturated carbocycles. The number of ether oxygens (including phenoxy) is 1. The number of carbonyl (C=O) groups excluding carboxylic acids is 1. The molecule has 1 aromatic rings. The molecule has 5 nitrogen and oxygen atoms in total. The van der Waals surface area contributed by atoms with E-state index in [9.17, 15) is 9.90 Å². The van der Waals surface area contributed by atoms with E-state index in [1.165, 1.54) is 18.2 Å². The summed E-state index contributed by atoms with van der Waals surface area (Å²) in [6, 6.07) is 4.43. The van der Waals surface area contributed by atoms with Crippen LogP contribution in [0.25, 0.3) is 0 Å². The van der Waals surface area contributed by atoms with Crippen molar-refractivity contribution in [2.45, 2.75) is 26.0 Å². The first-order chi connectivity index (χ1) is 8.49. The topological polar surface area (TPSA) is 75.8 Å². The minimum absolute atomic E-state index is 0.00967. The molecule has 18 heavy (non-hydrogen) atoms. The molecule has 0 spiro atoms. The highest BCUT2D eigenvalue weighted by Gasteiger charge is 2.29. The molecule has 0 aliphatic carbocycles. The zero-order valence-electron chi connectivity index (χ0n) is 10.6. The summed E-state index contributed by atoms with van der Waals surface area (Å²) in [5, 5.41) is 9.45. The predicted molar refractivity (Wildman–Crippen MR) is 68.4 cm³/mol. The first-order valence-electron chi connectivity index (χ1n) is 6.00. The number of hydrogen-bond acceptors (Lipinski definition) is 4. The van der Waals surface area contributed by atoms with Gasteiger partial charge in [-0.25, -0.2) is 0 Å². The van der Waals surface area contributed by atoms with Crippen molar-refractivity contribution >= 4 is 11.6 Å². The van der Waals surface area contributed by atoms with Crippen LogP contribution in [0.5, 0.6) is 5.75 Å². The van der Waals surface area contributed by atoms with Gasteiger partial charge in [0.1, 0.15) is 5.75 Å². The van der Waals surface area contributed by atoms with Crippen LogP contribution in [-0.2, 0) is 4.74 Å². The number of benzene rings is 1. The fourth-order valence-corrected chi connectivity index (χ4v) is 2.07. The summed E-state index contributed by atoms with van der Waals surface area (Å²) in [6.45, 7) is 4.92. The molecule has 3 N–H and O–H groups in total. The molecule has 98 valence electrons. The second kappa shape index (κ2) is 4.86. The van der Waals surface area contributed by atoms with Crippen LogP contribution in [0.2, 0.25) is 0 Å². The number of carbonyl (C=O) groups is 1. The lowest BCUT2D eigenvalue weighted by Crippen LogP contribution is -2.50. The number of nitrogens with two attached hydrogens (primary N) is 1. The lowest BCUT2D eigenvalue weighted by Gasteiger charge is -2.37. The number of hydrogen-bond donors (Lipinski definition) is 2. The van der Waals surface area contributed by atoms with Crippen LogP contribution in [0.3, 0.4) is 0 Å². The van der Waals surface area contributed by atoms with Crippen LogP contribution in [0.1, 0.15) is 24.2 Å². The molecular weight excluding hydrogens is 232 g/mol. The number of aromatic hydroxyl groups is 1. The highest BCUT2D eigenvalue weighted by Crippen LogP contribution is 2.22. The third-order valence-corrected chi connectivity index (χ3v) is 3.14. The highest BCUT2D eigenvalue weighted by atomic mass is 16.5. The normalized spacial score (nSPS) is 24.0. The lowest BCUT2D eigenvalue weighted by molar-refractivity contribution is -0.0386. The van der Waals surface area contributed by atoms with Crippen molar-refractivity contribution in [3.8, 4) is 5.75 Å². The summed E-state index contributed by atoms with van der Waals surface area (Å²) >= 11 is 0. The Hall–Kier alpha value is -1.75. The maximum absolute atomic E-state index is 12.4. The summed E-state index contributed by atoms with van der Waals surface area (Å²) in [6.07, 6.45) is 0.0173. The molecule has 0 bridgehead atoms. The average Bonchev–Trinajstić information content (AvgIpc) is 2.34. The molecule has 1 amide bonds. The van der Waals surface area contributed by atoms with Crippen LogP contribution >= 0.6 is 0 Å². The molecule has 1 heterocycles. The highest BCUT2D eigenvalue weighted by molar-refractivity contribution is 5.99. The number of rotatable bonds is 1. The zero-order chi connectivity index (χ0) is 13.3. The third kappa shape index (κ3) is 2.41. The quantitative estimate of drug-likeness (QED) is 0.580. The summed E-state index contributed by atoms with van der Waals surface area (Å²) in [4.78, 5) is 14.1. The molecule has 1 fully saturated rings. The third-order valence-electron chi connectivity index (χ3n) is 3.14. The van der Waals surface area contributed by atoms with E-state index in [1.54, 1.807) is 4.90 Å². The van der Waals surface area contributed by atoms with Gasteiger partial charge in [-0.05, 0) is 32.0 Å². The van der Waals surface area contributed by atoms with Crippen LogP contribution < -0.4 is 5.73 Å². The zero-order valence-corrected chi connectivity index (χ0v) is 10.6. The first-order valence-corrected chi connectivity index (χ1v) is 6.00.